The van der Waals surface area contributed by atoms with Crippen LogP contribution in [0.2, 0.25) is 0 Å². The van der Waals surface area contributed by atoms with Gasteiger partial charge in [-0.15, -0.1) is 0 Å². The highest BCUT2D eigenvalue weighted by atomic mass is 15.4. The first kappa shape index (κ1) is 18.2. The Balaban J connectivity index is 1.23. The highest BCUT2D eigenvalue weighted by Gasteiger charge is 2.20. The van der Waals surface area contributed by atoms with E-state index in [1.165, 1.54) is 0 Å². The summed E-state index contributed by atoms with van der Waals surface area (Å²) >= 11 is 0. The topological polar surface area (TPSA) is 85.3 Å². The van der Waals surface area contributed by atoms with Crippen LogP contribution in [0, 0.1) is 0 Å². The summed E-state index contributed by atoms with van der Waals surface area (Å²) in [5.74, 6) is 2.80. The van der Waals surface area contributed by atoms with E-state index >= 15 is 0 Å². The number of H-pyrrole nitrogens is 1. The van der Waals surface area contributed by atoms with Crippen LogP contribution in [-0.4, -0.2) is 70.6 Å². The molecular weight excluding hydrogens is 352 g/mol. The minimum absolute atomic E-state index is 0.802. The molecule has 3 heterocycles. The van der Waals surface area contributed by atoms with Crippen LogP contribution in [0.25, 0.3) is 11.0 Å². The largest absolute Gasteiger partial charge is 0.356 e. The van der Waals surface area contributed by atoms with Crippen molar-refractivity contribution in [2.75, 3.05) is 44.7 Å². The summed E-state index contributed by atoms with van der Waals surface area (Å²) in [6.45, 7) is 4.46. The third-order valence-electron chi connectivity index (χ3n) is 4.94. The first-order valence-corrected chi connectivity index (χ1v) is 9.74. The maximum absolute atomic E-state index is 4.64. The Morgan fingerprint density at radius 3 is 2.64 bits per heavy atom. The van der Waals surface area contributed by atoms with Crippen LogP contribution in [0.5, 0.6) is 0 Å². The molecule has 1 aromatic carbocycles. The summed E-state index contributed by atoms with van der Waals surface area (Å²) in [6.07, 6.45) is 5.49. The van der Waals surface area contributed by atoms with Crippen LogP contribution < -0.4 is 10.2 Å². The van der Waals surface area contributed by atoms with Gasteiger partial charge in [0, 0.05) is 58.6 Å². The predicted molar refractivity (Wildman–Crippen MR) is 112 cm³/mol. The van der Waals surface area contributed by atoms with Gasteiger partial charge in [-0.2, -0.15) is 0 Å². The number of aliphatic imine (C=N–C) groups is 1. The Morgan fingerprint density at radius 2 is 1.89 bits per heavy atom. The third-order valence-corrected chi connectivity index (χ3v) is 4.94. The fourth-order valence-electron chi connectivity index (χ4n) is 3.49. The Bertz CT molecular complexity index is 879. The van der Waals surface area contributed by atoms with Crippen LogP contribution in [0.3, 0.4) is 0 Å². The van der Waals surface area contributed by atoms with Gasteiger partial charge in [0.05, 0.1) is 11.0 Å². The van der Waals surface area contributed by atoms with Crippen molar-refractivity contribution in [2.45, 2.75) is 12.8 Å². The number of imidazole rings is 1. The molecule has 0 aliphatic carbocycles. The van der Waals surface area contributed by atoms with Crippen molar-refractivity contribution < 1.29 is 0 Å². The standard InChI is InChI=1S/C20H26N8/c1-21-19(27-12-14-28(15-13-27)20-23-10-5-11-24-20)22-9-4-8-18-25-16-6-2-3-7-17(16)26-18/h2-3,5-7,10-11H,4,8-9,12-15H2,1H3,(H,21,22)(H,25,26). The number of benzene rings is 1. The monoisotopic (exact) mass is 378 g/mol. The van der Waals surface area contributed by atoms with Crippen LogP contribution in [0.15, 0.2) is 47.7 Å². The molecule has 2 aromatic heterocycles. The zero-order valence-corrected chi connectivity index (χ0v) is 16.2. The Hall–Kier alpha value is -3.16. The molecule has 4 rings (SSSR count). The molecule has 8 heteroatoms. The van der Waals surface area contributed by atoms with E-state index in [0.717, 1.165) is 74.3 Å². The van der Waals surface area contributed by atoms with Crippen molar-refractivity contribution in [3.8, 4) is 0 Å². The van der Waals surface area contributed by atoms with Crippen molar-refractivity contribution in [1.82, 2.24) is 30.2 Å². The molecule has 0 amide bonds. The maximum atomic E-state index is 4.64. The van der Waals surface area contributed by atoms with Crippen LogP contribution >= 0.6 is 0 Å². The summed E-state index contributed by atoms with van der Waals surface area (Å²) < 4.78 is 0. The van der Waals surface area contributed by atoms with Gasteiger partial charge < -0.3 is 20.1 Å². The lowest BCUT2D eigenvalue weighted by Gasteiger charge is -2.36. The van der Waals surface area contributed by atoms with Crippen LogP contribution in [0.4, 0.5) is 5.95 Å². The molecule has 3 aromatic rings. The molecule has 2 N–H and O–H groups in total. The lowest BCUT2D eigenvalue weighted by Crippen LogP contribution is -2.53. The van der Waals surface area contributed by atoms with Crippen molar-refractivity contribution in [3.63, 3.8) is 0 Å². The van der Waals surface area contributed by atoms with Crippen LogP contribution in [0.1, 0.15) is 12.2 Å². The summed E-state index contributed by atoms with van der Waals surface area (Å²) in [4.78, 5) is 25.7. The molecule has 8 nitrogen and oxygen atoms in total. The molecule has 0 unspecified atom stereocenters. The second-order valence-corrected chi connectivity index (χ2v) is 6.80. The molecule has 1 fully saturated rings. The second kappa shape index (κ2) is 8.69. The number of nitrogens with zero attached hydrogens (tertiary/aromatic N) is 6. The average molecular weight is 378 g/mol. The average Bonchev–Trinajstić information content (AvgIpc) is 3.17. The number of aromatic amines is 1. The fourth-order valence-corrected chi connectivity index (χ4v) is 3.49. The van der Waals surface area contributed by atoms with E-state index in [0.29, 0.717) is 0 Å². The lowest BCUT2D eigenvalue weighted by atomic mass is 10.3. The first-order chi connectivity index (χ1) is 13.8. The number of piperazine rings is 1. The molecule has 0 spiro atoms. The summed E-state index contributed by atoms with van der Waals surface area (Å²) in [6, 6.07) is 9.99. The van der Waals surface area contributed by atoms with Gasteiger partial charge in [-0.3, -0.25) is 4.99 Å². The number of para-hydroxylation sites is 2. The number of guanidine groups is 1. The van der Waals surface area contributed by atoms with E-state index < -0.39 is 0 Å². The molecular formula is C20H26N8. The van der Waals surface area contributed by atoms with Gasteiger partial charge in [-0.25, -0.2) is 15.0 Å². The van der Waals surface area contributed by atoms with E-state index in [-0.39, 0.29) is 0 Å². The molecule has 146 valence electrons. The molecule has 28 heavy (non-hydrogen) atoms. The molecule has 1 aliphatic rings. The highest BCUT2D eigenvalue weighted by molar-refractivity contribution is 5.80. The summed E-state index contributed by atoms with van der Waals surface area (Å²) in [5, 5.41) is 3.48. The number of fused-ring (bicyclic) bond motifs is 1. The molecule has 0 bridgehead atoms. The third kappa shape index (κ3) is 4.21. The zero-order chi connectivity index (χ0) is 19.2. The van der Waals surface area contributed by atoms with E-state index in [2.05, 4.69) is 46.1 Å². The zero-order valence-electron chi connectivity index (χ0n) is 16.2. The van der Waals surface area contributed by atoms with Crippen molar-refractivity contribution in [3.05, 3.63) is 48.5 Å². The maximum Gasteiger partial charge on any atom is 0.225 e. The Labute approximate surface area is 164 Å². The summed E-state index contributed by atoms with van der Waals surface area (Å²) in [7, 11) is 1.84. The molecule has 1 aliphatic heterocycles. The number of anilines is 1. The van der Waals surface area contributed by atoms with Crippen molar-refractivity contribution in [2.24, 2.45) is 4.99 Å². The van der Waals surface area contributed by atoms with Gasteiger partial charge >= 0.3 is 0 Å². The number of rotatable bonds is 5. The number of hydrogen-bond donors (Lipinski definition) is 2. The number of hydrogen-bond acceptors (Lipinski definition) is 5. The quantitative estimate of drug-likeness (QED) is 0.399. The van der Waals surface area contributed by atoms with Gasteiger partial charge in [0.15, 0.2) is 5.96 Å². The van der Waals surface area contributed by atoms with Gasteiger partial charge in [0.1, 0.15) is 5.82 Å². The smallest absolute Gasteiger partial charge is 0.225 e. The van der Waals surface area contributed by atoms with E-state index in [9.17, 15) is 0 Å². The van der Waals surface area contributed by atoms with Crippen molar-refractivity contribution >= 4 is 22.9 Å². The molecule has 1 saturated heterocycles. The Kier molecular flexibility index (Phi) is 5.65. The van der Waals surface area contributed by atoms with Gasteiger partial charge in [-0.1, -0.05) is 12.1 Å². The number of nitrogens with one attached hydrogen (secondary N) is 2. The molecule has 0 saturated carbocycles. The van der Waals surface area contributed by atoms with Crippen molar-refractivity contribution in [1.29, 1.82) is 0 Å². The SMILES string of the molecule is CN=C(NCCCc1nc2ccccc2[nH]1)N1CCN(c2ncccn2)CC1. The van der Waals surface area contributed by atoms with E-state index in [1.807, 2.05) is 31.3 Å². The van der Waals surface area contributed by atoms with E-state index in [1.54, 1.807) is 12.4 Å². The van der Waals surface area contributed by atoms with Crippen LogP contribution in [-0.2, 0) is 6.42 Å². The second-order valence-electron chi connectivity index (χ2n) is 6.80. The predicted octanol–water partition coefficient (Wildman–Crippen LogP) is 1.68. The fraction of sp³-hybridized carbons (Fsp3) is 0.400. The lowest BCUT2D eigenvalue weighted by molar-refractivity contribution is 0.370. The summed E-state index contributed by atoms with van der Waals surface area (Å²) in [5.41, 5.74) is 2.13. The molecule has 0 radical (unpaired) electrons. The van der Waals surface area contributed by atoms with Gasteiger partial charge in [0.25, 0.3) is 0 Å². The minimum Gasteiger partial charge on any atom is -0.356 e. The number of aryl methyl sites for hydroxylation is 1. The highest BCUT2D eigenvalue weighted by Crippen LogP contribution is 2.12. The van der Waals surface area contributed by atoms with Gasteiger partial charge in [-0.05, 0) is 24.6 Å². The molecule has 0 atom stereocenters. The van der Waals surface area contributed by atoms with E-state index in [4.69, 9.17) is 0 Å². The Morgan fingerprint density at radius 1 is 1.11 bits per heavy atom. The van der Waals surface area contributed by atoms with Gasteiger partial charge in [0.2, 0.25) is 5.95 Å². The normalized spacial score (nSPS) is 15.2. The minimum atomic E-state index is 0.802. The first-order valence-electron chi connectivity index (χ1n) is 9.74. The number of aromatic nitrogens is 4.